The topological polar surface area (TPSA) is 78.9 Å². The van der Waals surface area contributed by atoms with Gasteiger partial charge < -0.3 is 14.2 Å². The smallest absolute Gasteiger partial charge is 0.306 e. The lowest BCUT2D eigenvalue weighted by Crippen LogP contribution is -2.30. The van der Waals surface area contributed by atoms with Crippen molar-refractivity contribution in [3.05, 3.63) is 72.9 Å². The minimum atomic E-state index is -0.790. The molecule has 0 aliphatic heterocycles. The van der Waals surface area contributed by atoms with Crippen LogP contribution in [0.15, 0.2) is 72.9 Å². The number of unbranched alkanes of at least 4 members (excludes halogenated alkanes) is 27. The Kier molecular flexibility index (Phi) is 51.9. The fourth-order valence-corrected chi connectivity index (χ4v) is 7.64. The van der Waals surface area contributed by atoms with Gasteiger partial charge in [0.2, 0.25) is 0 Å². The van der Waals surface area contributed by atoms with Crippen LogP contribution in [0.25, 0.3) is 0 Å². The van der Waals surface area contributed by atoms with Crippen molar-refractivity contribution < 1.29 is 28.6 Å². The van der Waals surface area contributed by atoms with Crippen molar-refractivity contribution in [2.75, 3.05) is 13.2 Å². The number of ether oxygens (including phenoxy) is 3. The van der Waals surface area contributed by atoms with Gasteiger partial charge in [0.05, 0.1) is 0 Å². The summed E-state index contributed by atoms with van der Waals surface area (Å²) in [5.41, 5.74) is 0. The molecule has 6 nitrogen and oxygen atoms in total. The number of hydrogen-bond donors (Lipinski definition) is 0. The van der Waals surface area contributed by atoms with Gasteiger partial charge in [-0.1, -0.05) is 216 Å². The highest BCUT2D eigenvalue weighted by molar-refractivity contribution is 5.71. The second-order valence-corrected chi connectivity index (χ2v) is 18.5. The van der Waals surface area contributed by atoms with Crippen LogP contribution in [0.2, 0.25) is 0 Å². The van der Waals surface area contributed by atoms with Crippen molar-refractivity contribution >= 4 is 17.9 Å². The highest BCUT2D eigenvalue weighted by Gasteiger charge is 2.19. The van der Waals surface area contributed by atoms with Crippen LogP contribution in [0, 0.1) is 0 Å². The van der Waals surface area contributed by atoms with Crippen LogP contribution in [0.3, 0.4) is 0 Å². The predicted molar refractivity (Wildman–Crippen MR) is 284 cm³/mol. The molecule has 0 spiro atoms. The van der Waals surface area contributed by atoms with E-state index < -0.39 is 6.10 Å². The van der Waals surface area contributed by atoms with Gasteiger partial charge in [-0.25, -0.2) is 0 Å². The van der Waals surface area contributed by atoms with Crippen LogP contribution >= 0.6 is 0 Å². The zero-order valence-corrected chi connectivity index (χ0v) is 43.4. The largest absolute Gasteiger partial charge is 0.462 e. The number of carbonyl (C=O) groups excluding carboxylic acids is 3. The maximum absolute atomic E-state index is 12.8. The number of esters is 3. The summed E-state index contributed by atoms with van der Waals surface area (Å²) < 4.78 is 16.8. The molecule has 380 valence electrons. The molecule has 0 amide bonds. The molecule has 0 saturated carbocycles. The minimum absolute atomic E-state index is 0.0877. The summed E-state index contributed by atoms with van der Waals surface area (Å²) in [6, 6.07) is 0. The van der Waals surface area contributed by atoms with E-state index in [4.69, 9.17) is 14.2 Å². The van der Waals surface area contributed by atoms with E-state index >= 15 is 0 Å². The second kappa shape index (κ2) is 54.5. The summed E-state index contributed by atoms with van der Waals surface area (Å²) in [6.07, 6.45) is 68.8. The lowest BCUT2D eigenvalue weighted by molar-refractivity contribution is -0.167. The molecule has 0 fully saturated rings. The molecule has 0 unspecified atom stereocenters. The quantitative estimate of drug-likeness (QED) is 0.0262. The molecular formula is C60H104O6. The van der Waals surface area contributed by atoms with Crippen molar-refractivity contribution in [3.63, 3.8) is 0 Å². The average molecular weight is 921 g/mol. The van der Waals surface area contributed by atoms with E-state index in [1.165, 1.54) is 116 Å². The van der Waals surface area contributed by atoms with Crippen LogP contribution in [-0.4, -0.2) is 37.2 Å². The van der Waals surface area contributed by atoms with Gasteiger partial charge in [-0.2, -0.15) is 0 Å². The zero-order chi connectivity index (χ0) is 47.9. The molecule has 1 atom stereocenters. The minimum Gasteiger partial charge on any atom is -0.462 e. The first-order valence-corrected chi connectivity index (χ1v) is 27.9. The lowest BCUT2D eigenvalue weighted by Gasteiger charge is -2.18. The van der Waals surface area contributed by atoms with Crippen molar-refractivity contribution in [1.82, 2.24) is 0 Å². The highest BCUT2D eigenvalue weighted by atomic mass is 16.6. The first-order valence-electron chi connectivity index (χ1n) is 27.9. The molecule has 0 rings (SSSR count). The summed E-state index contributed by atoms with van der Waals surface area (Å²) in [7, 11) is 0. The fourth-order valence-electron chi connectivity index (χ4n) is 7.64. The van der Waals surface area contributed by atoms with Crippen LogP contribution in [0.5, 0.6) is 0 Å². The Morgan fingerprint density at radius 1 is 0.303 bits per heavy atom. The van der Waals surface area contributed by atoms with E-state index in [0.717, 1.165) is 116 Å². The second-order valence-electron chi connectivity index (χ2n) is 18.5. The van der Waals surface area contributed by atoms with Crippen molar-refractivity contribution in [2.45, 2.75) is 277 Å². The van der Waals surface area contributed by atoms with Crippen molar-refractivity contribution in [1.29, 1.82) is 0 Å². The molecule has 66 heavy (non-hydrogen) atoms. The van der Waals surface area contributed by atoms with E-state index in [-0.39, 0.29) is 31.1 Å². The number of allylic oxidation sites excluding steroid dienone is 12. The van der Waals surface area contributed by atoms with Crippen molar-refractivity contribution in [2.24, 2.45) is 0 Å². The van der Waals surface area contributed by atoms with E-state index in [2.05, 4.69) is 93.7 Å². The summed E-state index contributed by atoms with van der Waals surface area (Å²) in [5.74, 6) is -0.914. The third-order valence-electron chi connectivity index (χ3n) is 11.9. The van der Waals surface area contributed by atoms with Gasteiger partial charge in [0.15, 0.2) is 6.10 Å². The maximum atomic E-state index is 12.8. The number of rotatable bonds is 50. The predicted octanol–water partition coefficient (Wildman–Crippen LogP) is 18.6. The standard InChI is InChI=1S/C60H104O6/c1-4-7-10-13-16-19-22-25-28-29-30-31-33-35-38-41-44-47-50-53-59(62)65-56-57(55-64-58(61)52-49-46-43-40-37-34-27-24-21-18-15-12-9-6-3)66-60(63)54-51-48-45-42-39-36-32-26-23-20-17-14-11-8-5-2/h15-20,24-28,32,57H,4-14,21-23,29-31,33-56H2,1-3H3/b18-15-,19-16-,20-17-,27-24-,28-25-,32-26-/t57-/m1/s1. The van der Waals surface area contributed by atoms with Gasteiger partial charge in [-0.3, -0.25) is 14.4 Å². The molecule has 0 N–H and O–H groups in total. The molecule has 0 bridgehead atoms. The Morgan fingerprint density at radius 2 is 0.561 bits per heavy atom. The van der Waals surface area contributed by atoms with E-state index in [1.54, 1.807) is 0 Å². The van der Waals surface area contributed by atoms with Gasteiger partial charge in [-0.05, 0) is 109 Å². The van der Waals surface area contributed by atoms with Gasteiger partial charge in [0.1, 0.15) is 13.2 Å². The molecule has 0 aromatic rings. The Bertz CT molecular complexity index is 1240. The molecular weight excluding hydrogens is 817 g/mol. The van der Waals surface area contributed by atoms with Crippen LogP contribution in [0.1, 0.15) is 271 Å². The first-order chi connectivity index (χ1) is 32.5. The Morgan fingerprint density at radius 3 is 0.879 bits per heavy atom. The molecule has 0 heterocycles. The summed E-state index contributed by atoms with van der Waals surface area (Å²) in [6.45, 7) is 6.53. The van der Waals surface area contributed by atoms with E-state index in [1.807, 2.05) is 0 Å². The number of hydrogen-bond acceptors (Lipinski definition) is 6. The first kappa shape index (κ1) is 62.8. The summed E-state index contributed by atoms with van der Waals surface area (Å²) in [4.78, 5) is 38.1. The molecule has 0 aliphatic carbocycles. The molecule has 6 heteroatoms. The van der Waals surface area contributed by atoms with E-state index in [0.29, 0.717) is 19.3 Å². The molecule has 0 aromatic heterocycles. The van der Waals surface area contributed by atoms with Gasteiger partial charge >= 0.3 is 17.9 Å². The van der Waals surface area contributed by atoms with Gasteiger partial charge in [0.25, 0.3) is 0 Å². The Labute approximate surface area is 408 Å². The van der Waals surface area contributed by atoms with Crippen LogP contribution < -0.4 is 0 Å². The Balaban J connectivity index is 4.40. The summed E-state index contributed by atoms with van der Waals surface area (Å²) >= 11 is 0. The van der Waals surface area contributed by atoms with Gasteiger partial charge in [-0.15, -0.1) is 0 Å². The fraction of sp³-hybridized carbons (Fsp3) is 0.750. The molecule has 0 saturated heterocycles. The molecule has 0 radical (unpaired) electrons. The van der Waals surface area contributed by atoms with Crippen molar-refractivity contribution in [3.8, 4) is 0 Å². The van der Waals surface area contributed by atoms with Gasteiger partial charge in [0, 0.05) is 19.3 Å². The summed E-state index contributed by atoms with van der Waals surface area (Å²) in [5, 5.41) is 0. The third kappa shape index (κ3) is 51.8. The number of carbonyl (C=O) groups is 3. The third-order valence-corrected chi connectivity index (χ3v) is 11.9. The zero-order valence-electron chi connectivity index (χ0n) is 43.4. The molecule has 0 aromatic carbocycles. The average Bonchev–Trinajstić information content (AvgIpc) is 3.31. The monoisotopic (exact) mass is 921 g/mol. The van der Waals surface area contributed by atoms with E-state index in [9.17, 15) is 14.4 Å². The SMILES string of the molecule is CCCC/C=C\C/C=C\CCCCCCCC(=O)OC[C@H](COC(=O)CCCCCCCCCCC/C=C\C/C=C\CCCCC)OC(=O)CCCCCCC/C=C\C/C=C\CCCCC. The van der Waals surface area contributed by atoms with Crippen LogP contribution in [-0.2, 0) is 28.6 Å². The van der Waals surface area contributed by atoms with Crippen LogP contribution in [0.4, 0.5) is 0 Å². The highest BCUT2D eigenvalue weighted by Crippen LogP contribution is 2.14. The lowest BCUT2D eigenvalue weighted by atomic mass is 10.1. The Hall–Kier alpha value is -3.15. The maximum Gasteiger partial charge on any atom is 0.306 e. The molecule has 0 aliphatic rings. The normalized spacial score (nSPS) is 12.6.